The van der Waals surface area contributed by atoms with Crippen LogP contribution in [0.15, 0.2) is 30.3 Å². The van der Waals surface area contributed by atoms with Gasteiger partial charge in [-0.3, -0.25) is 4.79 Å². The molecule has 0 N–H and O–H groups in total. The highest BCUT2D eigenvalue weighted by Gasteiger charge is 2.16. The molecule has 16 heavy (non-hydrogen) atoms. The highest BCUT2D eigenvalue weighted by Crippen LogP contribution is 2.39. The fraction of sp³-hybridized carbons (Fsp3) is 0.154. The first-order valence-electron chi connectivity index (χ1n) is 5.05. The van der Waals surface area contributed by atoms with Gasteiger partial charge >= 0.3 is 0 Å². The molecule has 2 rings (SSSR count). The van der Waals surface area contributed by atoms with Crippen molar-refractivity contribution in [2.75, 3.05) is 0 Å². The quantitative estimate of drug-likeness (QED) is 0.723. The van der Waals surface area contributed by atoms with Crippen LogP contribution in [0.25, 0.3) is 11.1 Å². The highest BCUT2D eigenvalue weighted by atomic mass is 35.5. The molecule has 3 heteroatoms. The van der Waals surface area contributed by atoms with Crippen molar-refractivity contribution >= 4 is 25.0 Å². The number of hydrogen-bond acceptors (Lipinski definition) is 1. The molecule has 0 aliphatic rings. The molecule has 0 aliphatic carbocycles. The molecule has 0 bridgehead atoms. The number of benzene rings is 1. The summed E-state index contributed by atoms with van der Waals surface area (Å²) in [5, 5.41) is 1.68. The van der Waals surface area contributed by atoms with E-state index in [0.717, 1.165) is 16.4 Å². The summed E-state index contributed by atoms with van der Waals surface area (Å²) in [6, 6.07) is 9.95. The van der Waals surface area contributed by atoms with Crippen molar-refractivity contribution in [3.05, 3.63) is 46.5 Å². The number of hydrogen-bond donors (Lipinski definition) is 0. The standard InChI is InChI=1S/C13H12ClOP/c1-8-9(2)16-12(13(14)15)11(8)10-6-4-3-5-7-10/h3-7,16H,1-2H3. The van der Waals surface area contributed by atoms with Gasteiger partial charge in [-0.15, -0.1) is 8.19 Å². The minimum Gasteiger partial charge on any atom is -0.275 e. The molecule has 0 amide bonds. The Balaban J connectivity index is 2.68. The Morgan fingerprint density at radius 1 is 1.19 bits per heavy atom. The number of carbonyl (C=O) groups excluding carboxylic acids is 1. The third kappa shape index (κ3) is 1.93. The number of rotatable bonds is 2. The molecule has 0 saturated carbocycles. The van der Waals surface area contributed by atoms with E-state index in [2.05, 4.69) is 13.8 Å². The molecule has 0 fully saturated rings. The predicted octanol–water partition coefficient (Wildman–Crippen LogP) is 4.38. The van der Waals surface area contributed by atoms with Gasteiger partial charge in [0.05, 0.1) is 5.30 Å². The Morgan fingerprint density at radius 3 is 2.38 bits per heavy atom. The number of carbonyl (C=O) groups is 1. The lowest BCUT2D eigenvalue weighted by Gasteiger charge is -2.03. The normalized spacial score (nSPS) is 10.9. The largest absolute Gasteiger partial charge is 0.275 e. The second-order valence-corrected chi connectivity index (χ2v) is 5.61. The van der Waals surface area contributed by atoms with Gasteiger partial charge in [-0.2, -0.15) is 0 Å². The van der Waals surface area contributed by atoms with Gasteiger partial charge < -0.3 is 0 Å². The molecule has 0 saturated heterocycles. The second-order valence-electron chi connectivity index (χ2n) is 3.76. The van der Waals surface area contributed by atoms with Gasteiger partial charge in [-0.25, -0.2) is 0 Å². The molecule has 0 radical (unpaired) electrons. The number of aryl methyl sites for hydroxylation is 1. The Labute approximate surface area is 102 Å². The molecular formula is C13H12ClOP. The van der Waals surface area contributed by atoms with E-state index >= 15 is 0 Å². The number of halogens is 1. The summed E-state index contributed by atoms with van der Waals surface area (Å²) in [6.07, 6.45) is 0. The van der Waals surface area contributed by atoms with Crippen LogP contribution in [0.4, 0.5) is 0 Å². The van der Waals surface area contributed by atoms with Crippen LogP contribution in [0, 0.1) is 13.8 Å². The SMILES string of the molecule is Cc1[pH]c(C(=O)Cl)c(-c2ccccc2)c1C. The minimum absolute atomic E-state index is 0.326. The zero-order valence-electron chi connectivity index (χ0n) is 9.17. The van der Waals surface area contributed by atoms with Crippen LogP contribution in [-0.4, -0.2) is 5.24 Å². The summed E-state index contributed by atoms with van der Waals surface area (Å²) in [5.41, 5.74) is 3.29. The zero-order valence-corrected chi connectivity index (χ0v) is 10.9. The second kappa shape index (κ2) is 4.45. The Kier molecular flexibility index (Phi) is 3.18. The van der Waals surface area contributed by atoms with Crippen molar-refractivity contribution in [2.24, 2.45) is 0 Å². The fourth-order valence-electron chi connectivity index (χ4n) is 1.83. The zero-order chi connectivity index (χ0) is 11.7. The van der Waals surface area contributed by atoms with Gasteiger partial charge in [0.15, 0.2) is 0 Å². The molecule has 82 valence electrons. The van der Waals surface area contributed by atoms with Crippen LogP contribution in [0.1, 0.15) is 20.9 Å². The summed E-state index contributed by atoms with van der Waals surface area (Å²) in [4.78, 5) is 11.4. The van der Waals surface area contributed by atoms with E-state index in [1.165, 1.54) is 10.9 Å². The van der Waals surface area contributed by atoms with Crippen LogP contribution in [0.3, 0.4) is 0 Å². The van der Waals surface area contributed by atoms with E-state index in [4.69, 9.17) is 11.6 Å². The van der Waals surface area contributed by atoms with Gasteiger partial charge in [-0.05, 0) is 41.9 Å². The third-order valence-corrected chi connectivity index (χ3v) is 4.58. The van der Waals surface area contributed by atoms with Gasteiger partial charge in [0.2, 0.25) is 0 Å². The average Bonchev–Trinajstić information content (AvgIpc) is 2.57. The van der Waals surface area contributed by atoms with Gasteiger partial charge in [0.25, 0.3) is 5.24 Å². The Bertz CT molecular complexity index is 528. The maximum atomic E-state index is 11.4. The van der Waals surface area contributed by atoms with Crippen molar-refractivity contribution < 1.29 is 4.79 Å². The Morgan fingerprint density at radius 2 is 1.81 bits per heavy atom. The molecule has 1 nitrogen and oxygen atoms in total. The molecular weight excluding hydrogens is 239 g/mol. The van der Waals surface area contributed by atoms with Gasteiger partial charge in [0, 0.05) is 5.56 Å². The third-order valence-electron chi connectivity index (χ3n) is 2.76. The highest BCUT2D eigenvalue weighted by molar-refractivity contribution is 7.35. The van der Waals surface area contributed by atoms with E-state index in [9.17, 15) is 4.79 Å². The van der Waals surface area contributed by atoms with E-state index in [1.807, 2.05) is 30.3 Å². The maximum Gasteiger partial charge on any atom is 0.256 e. The summed E-state index contributed by atoms with van der Waals surface area (Å²) < 4.78 is 0. The maximum absolute atomic E-state index is 11.4. The van der Waals surface area contributed by atoms with Crippen molar-refractivity contribution in [1.82, 2.24) is 0 Å². The molecule has 1 aromatic carbocycles. The average molecular weight is 251 g/mol. The molecule has 1 atom stereocenters. The van der Waals surface area contributed by atoms with Crippen molar-refractivity contribution in [3.63, 3.8) is 0 Å². The minimum atomic E-state index is -0.326. The lowest BCUT2D eigenvalue weighted by molar-refractivity contribution is 0.108. The smallest absolute Gasteiger partial charge is 0.256 e. The molecule has 1 heterocycles. The summed E-state index contributed by atoms with van der Waals surface area (Å²) in [7, 11) is 0.418. The molecule has 2 aromatic rings. The van der Waals surface area contributed by atoms with Gasteiger partial charge in [0.1, 0.15) is 0 Å². The van der Waals surface area contributed by atoms with E-state index < -0.39 is 0 Å². The van der Waals surface area contributed by atoms with Crippen LogP contribution in [-0.2, 0) is 0 Å². The van der Waals surface area contributed by atoms with Crippen LogP contribution in [0.2, 0.25) is 0 Å². The van der Waals surface area contributed by atoms with Crippen LogP contribution < -0.4 is 0 Å². The van der Waals surface area contributed by atoms with Crippen LogP contribution in [0.5, 0.6) is 0 Å². The summed E-state index contributed by atoms with van der Waals surface area (Å²) in [6.45, 7) is 4.11. The lowest BCUT2D eigenvalue weighted by Crippen LogP contribution is -1.88. The monoisotopic (exact) mass is 250 g/mol. The molecule has 0 spiro atoms. The van der Waals surface area contributed by atoms with Crippen molar-refractivity contribution in [1.29, 1.82) is 0 Å². The molecule has 1 unspecified atom stereocenters. The first-order chi connectivity index (χ1) is 7.61. The van der Waals surface area contributed by atoms with Crippen molar-refractivity contribution in [3.8, 4) is 11.1 Å². The van der Waals surface area contributed by atoms with Crippen LogP contribution >= 0.6 is 19.8 Å². The van der Waals surface area contributed by atoms with Gasteiger partial charge in [-0.1, -0.05) is 30.3 Å². The van der Waals surface area contributed by atoms with Crippen molar-refractivity contribution in [2.45, 2.75) is 13.8 Å². The van der Waals surface area contributed by atoms with E-state index in [-0.39, 0.29) is 5.24 Å². The predicted molar refractivity (Wildman–Crippen MR) is 71.0 cm³/mol. The summed E-state index contributed by atoms with van der Waals surface area (Å²) >= 11 is 5.64. The topological polar surface area (TPSA) is 17.1 Å². The molecule has 0 aliphatic heterocycles. The fourth-order valence-corrected chi connectivity index (χ4v) is 3.31. The van der Waals surface area contributed by atoms with E-state index in [1.54, 1.807) is 0 Å². The first-order valence-corrected chi connectivity index (χ1v) is 6.43. The molecule has 1 aromatic heterocycles. The first kappa shape index (κ1) is 11.4. The lowest BCUT2D eigenvalue weighted by atomic mass is 10.0. The Hall–Kier alpha value is -1.04. The van der Waals surface area contributed by atoms with E-state index in [0.29, 0.717) is 8.19 Å². The summed E-state index contributed by atoms with van der Waals surface area (Å²) in [5.74, 6) is 0.